The van der Waals surface area contributed by atoms with E-state index in [2.05, 4.69) is 49.4 Å². The average molecular weight is 260 g/mol. The van der Waals surface area contributed by atoms with Crippen molar-refractivity contribution in [2.75, 3.05) is 13.7 Å². The van der Waals surface area contributed by atoms with Crippen molar-refractivity contribution < 1.29 is 4.74 Å². The summed E-state index contributed by atoms with van der Waals surface area (Å²) in [4.78, 5) is 3.38. The molecule has 0 atom stereocenters. The molecule has 3 nitrogen and oxygen atoms in total. The summed E-state index contributed by atoms with van der Waals surface area (Å²) in [5.41, 5.74) is 3.84. The van der Waals surface area contributed by atoms with Crippen LogP contribution in [-0.4, -0.2) is 24.7 Å². The Morgan fingerprint density at radius 3 is 2.79 bits per heavy atom. The minimum atomic E-state index is 0.560. The average Bonchev–Trinajstić information content (AvgIpc) is 2.78. The van der Waals surface area contributed by atoms with Gasteiger partial charge in [-0.15, -0.1) is 0 Å². The molecule has 3 heteroatoms. The molecule has 0 bridgehead atoms. The third kappa shape index (κ3) is 3.29. The molecular formula is C16H24N2O. The van der Waals surface area contributed by atoms with E-state index in [0.29, 0.717) is 6.04 Å². The van der Waals surface area contributed by atoms with Crippen LogP contribution >= 0.6 is 0 Å². The largest absolute Gasteiger partial charge is 0.497 e. The fraction of sp³-hybridized carbons (Fsp3) is 0.500. The van der Waals surface area contributed by atoms with Crippen LogP contribution in [0.5, 0.6) is 5.75 Å². The lowest BCUT2D eigenvalue weighted by Gasteiger charge is -2.07. The van der Waals surface area contributed by atoms with Crippen molar-refractivity contribution in [1.29, 1.82) is 0 Å². The second-order valence-electron chi connectivity index (χ2n) is 5.39. The minimum absolute atomic E-state index is 0.560. The highest BCUT2D eigenvalue weighted by Gasteiger charge is 2.08. The maximum atomic E-state index is 5.36. The number of methoxy groups -OCH3 is 1. The molecule has 1 aromatic carbocycles. The number of benzene rings is 1. The molecule has 0 fully saturated rings. The van der Waals surface area contributed by atoms with Crippen LogP contribution in [0.25, 0.3) is 10.9 Å². The summed E-state index contributed by atoms with van der Waals surface area (Å²) in [6.07, 6.45) is 4.38. The smallest absolute Gasteiger partial charge is 0.119 e. The minimum Gasteiger partial charge on any atom is -0.497 e. The van der Waals surface area contributed by atoms with Crippen LogP contribution < -0.4 is 10.1 Å². The Labute approximate surface area is 115 Å². The van der Waals surface area contributed by atoms with Gasteiger partial charge < -0.3 is 15.0 Å². The number of hydrogen-bond donors (Lipinski definition) is 2. The highest BCUT2D eigenvalue weighted by molar-refractivity contribution is 5.87. The van der Waals surface area contributed by atoms with E-state index >= 15 is 0 Å². The van der Waals surface area contributed by atoms with E-state index in [1.807, 2.05) is 0 Å². The first-order chi connectivity index (χ1) is 9.11. The molecule has 0 aliphatic rings. The normalized spacial score (nSPS) is 11.4. The number of aromatic nitrogens is 1. The predicted molar refractivity (Wildman–Crippen MR) is 81.0 cm³/mol. The molecular weight excluding hydrogens is 236 g/mol. The van der Waals surface area contributed by atoms with Crippen molar-refractivity contribution >= 4 is 10.9 Å². The Hall–Kier alpha value is -1.48. The molecule has 0 saturated heterocycles. The summed E-state index contributed by atoms with van der Waals surface area (Å²) in [5, 5.41) is 4.75. The maximum absolute atomic E-state index is 5.36. The van der Waals surface area contributed by atoms with E-state index in [4.69, 9.17) is 4.74 Å². The van der Waals surface area contributed by atoms with Crippen LogP contribution in [0.15, 0.2) is 18.3 Å². The molecule has 104 valence electrons. The highest BCUT2D eigenvalue weighted by Crippen LogP contribution is 2.27. The molecule has 0 unspecified atom stereocenters. The zero-order valence-electron chi connectivity index (χ0n) is 12.3. The van der Waals surface area contributed by atoms with Crippen LogP contribution in [0.4, 0.5) is 0 Å². The van der Waals surface area contributed by atoms with Gasteiger partial charge in [0.15, 0.2) is 0 Å². The Morgan fingerprint density at radius 2 is 2.11 bits per heavy atom. The standard InChI is InChI=1S/C16H24N2O/c1-11(2)17-7-5-6-13-10-18-16-12(3)8-14(19-4)9-15(13)16/h8-11,17-18H,5-7H2,1-4H3. The second-order valence-corrected chi connectivity index (χ2v) is 5.39. The lowest BCUT2D eigenvalue weighted by molar-refractivity contribution is 0.415. The van der Waals surface area contributed by atoms with E-state index < -0.39 is 0 Å². The quantitative estimate of drug-likeness (QED) is 0.781. The first-order valence-electron chi connectivity index (χ1n) is 6.99. The van der Waals surface area contributed by atoms with E-state index in [1.165, 1.54) is 22.0 Å². The van der Waals surface area contributed by atoms with Gasteiger partial charge in [-0.05, 0) is 49.6 Å². The van der Waals surface area contributed by atoms with Crippen molar-refractivity contribution in [1.82, 2.24) is 10.3 Å². The molecule has 19 heavy (non-hydrogen) atoms. The van der Waals surface area contributed by atoms with Crippen LogP contribution in [0, 0.1) is 6.92 Å². The van der Waals surface area contributed by atoms with Gasteiger partial charge in [0.1, 0.15) is 5.75 Å². The molecule has 2 aromatic rings. The molecule has 0 aliphatic heterocycles. The molecule has 0 radical (unpaired) electrons. The molecule has 0 saturated carbocycles. The number of hydrogen-bond acceptors (Lipinski definition) is 2. The van der Waals surface area contributed by atoms with Gasteiger partial charge >= 0.3 is 0 Å². The molecule has 1 aromatic heterocycles. The summed E-state index contributed by atoms with van der Waals surface area (Å²) >= 11 is 0. The monoisotopic (exact) mass is 260 g/mol. The van der Waals surface area contributed by atoms with Crippen molar-refractivity contribution in [2.45, 2.75) is 39.7 Å². The molecule has 2 rings (SSSR count). The Bertz CT molecular complexity index is 543. The van der Waals surface area contributed by atoms with Gasteiger partial charge in [-0.2, -0.15) is 0 Å². The SMILES string of the molecule is COc1cc(C)c2[nH]cc(CCCNC(C)C)c2c1. The maximum Gasteiger partial charge on any atom is 0.119 e. The van der Waals surface area contributed by atoms with Gasteiger partial charge in [-0.1, -0.05) is 13.8 Å². The number of fused-ring (bicyclic) bond motifs is 1. The van der Waals surface area contributed by atoms with Gasteiger partial charge in [0.2, 0.25) is 0 Å². The Kier molecular flexibility index (Phi) is 4.48. The number of nitrogens with one attached hydrogen (secondary N) is 2. The van der Waals surface area contributed by atoms with E-state index in [0.717, 1.165) is 25.1 Å². The number of aromatic amines is 1. The van der Waals surface area contributed by atoms with Gasteiger partial charge in [0.05, 0.1) is 7.11 Å². The van der Waals surface area contributed by atoms with Crippen LogP contribution in [-0.2, 0) is 6.42 Å². The molecule has 0 spiro atoms. The predicted octanol–water partition coefficient (Wildman–Crippen LogP) is 3.42. The number of ether oxygens (including phenoxy) is 1. The highest BCUT2D eigenvalue weighted by atomic mass is 16.5. The molecule has 1 heterocycles. The van der Waals surface area contributed by atoms with Gasteiger partial charge in [0.25, 0.3) is 0 Å². The van der Waals surface area contributed by atoms with Crippen molar-refractivity contribution in [3.63, 3.8) is 0 Å². The van der Waals surface area contributed by atoms with Crippen LogP contribution in [0.3, 0.4) is 0 Å². The zero-order valence-corrected chi connectivity index (χ0v) is 12.3. The number of H-pyrrole nitrogens is 1. The molecule has 0 amide bonds. The summed E-state index contributed by atoms with van der Waals surface area (Å²) < 4.78 is 5.36. The van der Waals surface area contributed by atoms with Gasteiger partial charge in [-0.25, -0.2) is 0 Å². The first-order valence-corrected chi connectivity index (χ1v) is 6.99. The van der Waals surface area contributed by atoms with Crippen molar-refractivity contribution in [3.8, 4) is 5.75 Å². The van der Waals surface area contributed by atoms with E-state index in [9.17, 15) is 0 Å². The molecule has 2 N–H and O–H groups in total. The van der Waals surface area contributed by atoms with Crippen molar-refractivity contribution in [2.24, 2.45) is 0 Å². The Morgan fingerprint density at radius 1 is 1.32 bits per heavy atom. The van der Waals surface area contributed by atoms with Crippen molar-refractivity contribution in [3.05, 3.63) is 29.5 Å². The molecule has 0 aliphatic carbocycles. The van der Waals surface area contributed by atoms with E-state index in [1.54, 1.807) is 7.11 Å². The Balaban J connectivity index is 2.13. The summed E-state index contributed by atoms with van der Waals surface area (Å²) in [6, 6.07) is 4.76. The summed E-state index contributed by atoms with van der Waals surface area (Å²) in [6.45, 7) is 7.54. The fourth-order valence-corrected chi connectivity index (χ4v) is 2.43. The van der Waals surface area contributed by atoms with E-state index in [-0.39, 0.29) is 0 Å². The summed E-state index contributed by atoms with van der Waals surface area (Å²) in [7, 11) is 1.72. The lowest BCUT2D eigenvalue weighted by Crippen LogP contribution is -2.23. The number of aryl methyl sites for hydroxylation is 2. The summed E-state index contributed by atoms with van der Waals surface area (Å²) in [5.74, 6) is 0.936. The topological polar surface area (TPSA) is 37.0 Å². The first kappa shape index (κ1) is 13.9. The van der Waals surface area contributed by atoms with Gasteiger partial charge in [0, 0.05) is 23.1 Å². The van der Waals surface area contributed by atoms with Crippen LogP contribution in [0.1, 0.15) is 31.4 Å². The van der Waals surface area contributed by atoms with Gasteiger partial charge in [-0.3, -0.25) is 0 Å². The second kappa shape index (κ2) is 6.11. The lowest BCUT2D eigenvalue weighted by atomic mass is 10.1. The third-order valence-electron chi connectivity index (χ3n) is 3.46. The fourth-order valence-electron chi connectivity index (χ4n) is 2.43. The van der Waals surface area contributed by atoms with Crippen LogP contribution in [0.2, 0.25) is 0 Å². The third-order valence-corrected chi connectivity index (χ3v) is 3.46. The zero-order chi connectivity index (χ0) is 13.8. The number of rotatable bonds is 6.